The molecule has 0 aliphatic carbocycles. The number of rotatable bonds is 14. The van der Waals surface area contributed by atoms with Crippen LogP contribution in [-0.4, -0.2) is 33.5 Å². The second-order valence-electron chi connectivity index (χ2n) is 5.70. The lowest BCUT2D eigenvalue weighted by molar-refractivity contribution is -0.141. The second-order valence-corrected chi connectivity index (χ2v) is 5.70. The lowest BCUT2D eigenvalue weighted by atomic mass is 10.0. The Morgan fingerprint density at radius 3 is 1.70 bits per heavy atom. The van der Waals surface area contributed by atoms with Gasteiger partial charge in [0.2, 0.25) is 0 Å². The first-order chi connectivity index (χ1) is 9.57. The Kier molecular flexibility index (Phi) is 13.0. The summed E-state index contributed by atoms with van der Waals surface area (Å²) >= 11 is 0. The zero-order valence-electron chi connectivity index (χ0n) is 12.9. The minimum atomic E-state index is -1.13. The molecular formula is C16H32O4. The molecule has 0 fully saturated rings. The molecule has 120 valence electrons. The zero-order valence-corrected chi connectivity index (χ0v) is 12.9. The first kappa shape index (κ1) is 19.4. The third kappa shape index (κ3) is 12.4. The first-order valence-corrected chi connectivity index (χ1v) is 8.15. The van der Waals surface area contributed by atoms with Crippen LogP contribution in [0.5, 0.6) is 0 Å². The minimum absolute atomic E-state index is 0.376. The summed E-state index contributed by atoms with van der Waals surface area (Å²) in [6, 6.07) is 0. The average Bonchev–Trinajstić information content (AvgIpc) is 2.39. The lowest BCUT2D eigenvalue weighted by Gasteiger charge is -2.15. The van der Waals surface area contributed by atoms with Crippen molar-refractivity contribution >= 4 is 5.97 Å². The summed E-state index contributed by atoms with van der Waals surface area (Å²) in [6.45, 7) is 2.22. The van der Waals surface area contributed by atoms with Crippen molar-refractivity contribution in [2.75, 3.05) is 0 Å². The van der Waals surface area contributed by atoms with E-state index in [1.165, 1.54) is 44.9 Å². The van der Waals surface area contributed by atoms with E-state index in [4.69, 9.17) is 5.11 Å². The molecule has 2 atom stereocenters. The molecule has 0 saturated carbocycles. The summed E-state index contributed by atoms with van der Waals surface area (Å²) in [7, 11) is 0. The van der Waals surface area contributed by atoms with Crippen LogP contribution in [0.4, 0.5) is 0 Å². The largest absolute Gasteiger partial charge is 0.481 e. The van der Waals surface area contributed by atoms with Crippen molar-refractivity contribution in [2.24, 2.45) is 0 Å². The van der Waals surface area contributed by atoms with Crippen molar-refractivity contribution in [1.82, 2.24) is 0 Å². The van der Waals surface area contributed by atoms with Crippen LogP contribution in [0.1, 0.15) is 84.0 Å². The highest BCUT2D eigenvalue weighted by atomic mass is 16.4. The Balaban J connectivity index is 3.28. The number of aliphatic hydroxyl groups is 2. The van der Waals surface area contributed by atoms with E-state index in [2.05, 4.69) is 6.92 Å². The molecule has 0 bridgehead atoms. The number of unbranched alkanes of at least 4 members (excludes halogenated alkanes) is 9. The molecule has 0 radical (unpaired) electrons. The van der Waals surface area contributed by atoms with Gasteiger partial charge in [-0.15, -0.1) is 0 Å². The van der Waals surface area contributed by atoms with Crippen LogP contribution in [-0.2, 0) is 4.79 Å². The Morgan fingerprint density at radius 2 is 1.25 bits per heavy atom. The number of aliphatic hydroxyl groups excluding tert-OH is 2. The van der Waals surface area contributed by atoms with E-state index in [0.29, 0.717) is 6.42 Å². The maximum Gasteiger partial charge on any atom is 0.306 e. The van der Waals surface area contributed by atoms with E-state index < -0.39 is 18.2 Å². The first-order valence-electron chi connectivity index (χ1n) is 8.15. The monoisotopic (exact) mass is 288 g/mol. The quantitative estimate of drug-likeness (QED) is 0.428. The fourth-order valence-electron chi connectivity index (χ4n) is 2.35. The summed E-state index contributed by atoms with van der Waals surface area (Å²) in [6.07, 6.45) is 10.3. The third-order valence-electron chi connectivity index (χ3n) is 3.68. The minimum Gasteiger partial charge on any atom is -0.481 e. The van der Waals surface area contributed by atoms with Crippen LogP contribution in [0, 0.1) is 0 Å². The molecular weight excluding hydrogens is 256 g/mol. The van der Waals surface area contributed by atoms with Crippen molar-refractivity contribution in [2.45, 2.75) is 96.2 Å². The van der Waals surface area contributed by atoms with E-state index in [1.54, 1.807) is 0 Å². The molecule has 0 saturated heterocycles. The molecule has 3 N–H and O–H groups in total. The molecule has 0 aliphatic rings. The van der Waals surface area contributed by atoms with E-state index >= 15 is 0 Å². The van der Waals surface area contributed by atoms with Crippen LogP contribution in [0.25, 0.3) is 0 Å². The number of carboxylic acids is 1. The van der Waals surface area contributed by atoms with Gasteiger partial charge >= 0.3 is 5.97 Å². The molecule has 20 heavy (non-hydrogen) atoms. The molecule has 0 aromatic heterocycles. The van der Waals surface area contributed by atoms with Gasteiger partial charge in [-0.3, -0.25) is 4.79 Å². The van der Waals surface area contributed by atoms with Crippen molar-refractivity contribution < 1.29 is 20.1 Å². The zero-order chi connectivity index (χ0) is 15.2. The molecule has 0 spiro atoms. The predicted molar refractivity (Wildman–Crippen MR) is 80.7 cm³/mol. The summed E-state index contributed by atoms with van der Waals surface area (Å²) in [5.74, 6) is -1.07. The van der Waals surface area contributed by atoms with Crippen molar-refractivity contribution in [3.05, 3.63) is 0 Å². The van der Waals surface area contributed by atoms with Gasteiger partial charge < -0.3 is 15.3 Å². The van der Waals surface area contributed by atoms with Crippen LogP contribution >= 0.6 is 0 Å². The molecule has 0 aliphatic heterocycles. The van der Waals surface area contributed by atoms with Gasteiger partial charge in [-0.1, -0.05) is 71.1 Å². The molecule has 0 aromatic rings. The summed E-state index contributed by atoms with van der Waals surface area (Å²) < 4.78 is 0. The number of carbonyl (C=O) groups is 1. The molecule has 0 aromatic carbocycles. The highest BCUT2D eigenvalue weighted by Gasteiger charge is 2.18. The van der Waals surface area contributed by atoms with Gasteiger partial charge in [0.1, 0.15) is 0 Å². The summed E-state index contributed by atoms with van der Waals surface area (Å²) in [5.41, 5.74) is 0. The third-order valence-corrected chi connectivity index (χ3v) is 3.68. The fourth-order valence-corrected chi connectivity index (χ4v) is 2.35. The van der Waals surface area contributed by atoms with E-state index in [0.717, 1.165) is 19.3 Å². The number of aliphatic carboxylic acids is 1. The Morgan fingerprint density at radius 1 is 0.800 bits per heavy atom. The SMILES string of the molecule is CCCCCCCCCCCC[C@@H](O)[C@H](O)CC(=O)O. The number of hydrogen-bond donors (Lipinski definition) is 3. The van der Waals surface area contributed by atoms with Crippen LogP contribution in [0.2, 0.25) is 0 Å². The smallest absolute Gasteiger partial charge is 0.306 e. The summed E-state index contributed by atoms with van der Waals surface area (Å²) in [5, 5.41) is 27.5. The fraction of sp³-hybridized carbons (Fsp3) is 0.938. The molecule has 0 unspecified atom stereocenters. The predicted octanol–water partition coefficient (Wildman–Crippen LogP) is 3.49. The molecule has 0 amide bonds. The molecule has 0 heterocycles. The van der Waals surface area contributed by atoms with Gasteiger partial charge in [0.15, 0.2) is 0 Å². The van der Waals surface area contributed by atoms with Gasteiger partial charge in [-0.05, 0) is 6.42 Å². The van der Waals surface area contributed by atoms with Gasteiger partial charge in [-0.2, -0.15) is 0 Å². The average molecular weight is 288 g/mol. The lowest BCUT2D eigenvalue weighted by Crippen LogP contribution is -2.28. The van der Waals surface area contributed by atoms with E-state index in [1.807, 2.05) is 0 Å². The van der Waals surface area contributed by atoms with Crippen LogP contribution < -0.4 is 0 Å². The van der Waals surface area contributed by atoms with Gasteiger partial charge in [-0.25, -0.2) is 0 Å². The van der Waals surface area contributed by atoms with E-state index in [-0.39, 0.29) is 6.42 Å². The highest BCUT2D eigenvalue weighted by Crippen LogP contribution is 2.13. The van der Waals surface area contributed by atoms with Gasteiger partial charge in [0, 0.05) is 0 Å². The van der Waals surface area contributed by atoms with E-state index in [9.17, 15) is 15.0 Å². The van der Waals surface area contributed by atoms with Crippen molar-refractivity contribution in [3.63, 3.8) is 0 Å². The van der Waals surface area contributed by atoms with Crippen molar-refractivity contribution in [3.8, 4) is 0 Å². The molecule has 0 rings (SSSR count). The Hall–Kier alpha value is -0.610. The van der Waals surface area contributed by atoms with Crippen molar-refractivity contribution in [1.29, 1.82) is 0 Å². The number of carboxylic acid groups (broad SMARTS) is 1. The Bertz CT molecular complexity index is 231. The highest BCUT2D eigenvalue weighted by molar-refractivity contribution is 5.67. The molecule has 4 heteroatoms. The number of hydrogen-bond acceptors (Lipinski definition) is 3. The molecule has 4 nitrogen and oxygen atoms in total. The van der Waals surface area contributed by atoms with Crippen LogP contribution in [0.3, 0.4) is 0 Å². The van der Waals surface area contributed by atoms with Gasteiger partial charge in [0.05, 0.1) is 18.6 Å². The topological polar surface area (TPSA) is 77.8 Å². The Labute approximate surface area is 123 Å². The normalized spacial score (nSPS) is 14.2. The summed E-state index contributed by atoms with van der Waals surface area (Å²) in [4.78, 5) is 10.4. The maximum absolute atomic E-state index is 10.4. The maximum atomic E-state index is 10.4. The van der Waals surface area contributed by atoms with Gasteiger partial charge in [0.25, 0.3) is 0 Å². The second kappa shape index (κ2) is 13.4. The standard InChI is InChI=1S/C16H32O4/c1-2-3-4-5-6-7-8-9-10-11-12-14(17)15(18)13-16(19)20/h14-15,17-18H,2-13H2,1H3,(H,19,20)/t14-,15-/m1/s1. The van der Waals surface area contributed by atoms with Crippen LogP contribution in [0.15, 0.2) is 0 Å².